The van der Waals surface area contributed by atoms with Gasteiger partial charge < -0.3 is 29.7 Å². The molecule has 0 radical (unpaired) electrons. The maximum absolute atomic E-state index is 9.55. The first kappa shape index (κ1) is 21.4. The van der Waals surface area contributed by atoms with Crippen LogP contribution in [0.2, 0.25) is 0 Å². The van der Waals surface area contributed by atoms with E-state index in [0.29, 0.717) is 18.2 Å². The van der Waals surface area contributed by atoms with Crippen LogP contribution in [-0.2, 0) is 15.5 Å². The number of nitrogens with one attached hydrogen (secondary N) is 1. The highest BCUT2D eigenvalue weighted by molar-refractivity contribution is 7.97. The lowest BCUT2D eigenvalue weighted by Crippen LogP contribution is -2.44. The van der Waals surface area contributed by atoms with Gasteiger partial charge in [-0.05, 0) is 6.26 Å². The molecule has 11 nitrogen and oxygen atoms in total. The number of rotatable bonds is 6. The molecule has 0 aromatic carbocycles. The molecule has 0 spiro atoms. The van der Waals surface area contributed by atoms with Crippen LogP contribution < -0.4 is 15.0 Å². The summed E-state index contributed by atoms with van der Waals surface area (Å²) in [6.45, 7) is 3.76. The lowest BCUT2D eigenvalue weighted by atomic mass is 10.3. The predicted octanol–water partition coefficient (Wildman–Crippen LogP) is 0.277. The van der Waals surface area contributed by atoms with Gasteiger partial charge in [0.15, 0.2) is 17.0 Å². The average molecular weight is 410 g/mol. The normalized spacial score (nSPS) is 14.0. The summed E-state index contributed by atoms with van der Waals surface area (Å²) in [6, 6.07) is 0.397. The van der Waals surface area contributed by atoms with Crippen molar-refractivity contribution in [2.45, 2.75) is 5.88 Å². The largest absolute Gasteiger partial charge is 0.478 e. The predicted molar refractivity (Wildman–Crippen MR) is 105 cm³/mol. The van der Waals surface area contributed by atoms with Crippen molar-refractivity contribution >= 4 is 40.7 Å². The van der Waals surface area contributed by atoms with Crippen molar-refractivity contribution in [2.75, 3.05) is 44.4 Å². The van der Waals surface area contributed by atoms with E-state index in [-0.39, 0.29) is 0 Å². The number of carboxylic acid groups (broad SMARTS) is 2. The van der Waals surface area contributed by atoms with Gasteiger partial charge in [-0.1, -0.05) is 0 Å². The van der Waals surface area contributed by atoms with Gasteiger partial charge in [0, 0.05) is 38.3 Å². The Kier molecular flexibility index (Phi) is 8.02. The number of hydrogen-bond donors (Lipinski definition) is 3. The number of carbonyl (C=O) groups is 2. The van der Waals surface area contributed by atoms with E-state index >= 15 is 0 Å². The standard InChI is InChI=1S/C12H18N6OS.C4H4O4/c1-19-12-15-10(17-5-3-13-4-6-17)9-11(16-12)18(7-14-9)8-20-2;5-3(6)1-2-4(7)8/h7,13H,3-6,8H2,1-2H3;1-2H,(H,5,6)(H,7,8). The zero-order chi connectivity index (χ0) is 20.5. The number of methoxy groups -OCH3 is 1. The maximum atomic E-state index is 9.55. The summed E-state index contributed by atoms with van der Waals surface area (Å²) in [7, 11) is 1.60. The summed E-state index contributed by atoms with van der Waals surface area (Å²) in [5.41, 5.74) is 1.68. The van der Waals surface area contributed by atoms with Gasteiger partial charge >= 0.3 is 17.9 Å². The second-order valence-electron chi connectivity index (χ2n) is 5.59. The maximum Gasteiger partial charge on any atom is 0.328 e. The third-order valence-corrected chi connectivity index (χ3v) is 4.20. The Morgan fingerprint density at radius 3 is 2.43 bits per heavy atom. The van der Waals surface area contributed by atoms with E-state index < -0.39 is 11.9 Å². The molecule has 1 fully saturated rings. The molecular weight excluding hydrogens is 388 g/mol. The Balaban J connectivity index is 0.000000300. The zero-order valence-corrected chi connectivity index (χ0v) is 16.3. The number of anilines is 1. The van der Waals surface area contributed by atoms with Crippen LogP contribution in [0.1, 0.15) is 0 Å². The first-order chi connectivity index (χ1) is 13.5. The zero-order valence-electron chi connectivity index (χ0n) is 15.5. The van der Waals surface area contributed by atoms with E-state index in [1.807, 2.05) is 10.9 Å². The number of ether oxygens (including phenoxy) is 1. The van der Waals surface area contributed by atoms with Crippen LogP contribution >= 0.6 is 11.8 Å². The number of hydrogen-bond acceptors (Lipinski definition) is 9. The molecule has 2 aromatic heterocycles. The van der Waals surface area contributed by atoms with Gasteiger partial charge in [0.1, 0.15) is 0 Å². The molecule has 1 aliphatic rings. The molecule has 2 aromatic rings. The monoisotopic (exact) mass is 410 g/mol. The second kappa shape index (κ2) is 10.5. The lowest BCUT2D eigenvalue weighted by molar-refractivity contribution is -0.134. The lowest BCUT2D eigenvalue weighted by Gasteiger charge is -2.28. The van der Waals surface area contributed by atoms with Crippen molar-refractivity contribution in [2.24, 2.45) is 0 Å². The van der Waals surface area contributed by atoms with E-state index in [1.54, 1.807) is 18.9 Å². The fourth-order valence-corrected chi connectivity index (χ4v) is 2.94. The quantitative estimate of drug-likeness (QED) is 0.565. The van der Waals surface area contributed by atoms with Gasteiger partial charge in [0.05, 0.1) is 19.3 Å². The minimum absolute atomic E-state index is 0.397. The fourth-order valence-electron chi connectivity index (χ4n) is 2.47. The van der Waals surface area contributed by atoms with Gasteiger partial charge in [-0.25, -0.2) is 14.6 Å². The van der Waals surface area contributed by atoms with Gasteiger partial charge in [-0.15, -0.1) is 11.8 Å². The molecule has 28 heavy (non-hydrogen) atoms. The number of aromatic nitrogens is 4. The average Bonchev–Trinajstić information content (AvgIpc) is 3.10. The Morgan fingerprint density at radius 2 is 1.89 bits per heavy atom. The molecule has 0 unspecified atom stereocenters. The number of nitrogens with zero attached hydrogens (tertiary/aromatic N) is 5. The second-order valence-corrected chi connectivity index (χ2v) is 6.42. The number of carboxylic acids is 2. The number of piperazine rings is 1. The molecule has 12 heteroatoms. The first-order valence-corrected chi connectivity index (χ1v) is 9.71. The van der Waals surface area contributed by atoms with Crippen LogP contribution in [0.3, 0.4) is 0 Å². The number of fused-ring (bicyclic) bond motifs is 1. The van der Waals surface area contributed by atoms with Crippen molar-refractivity contribution in [1.82, 2.24) is 24.8 Å². The number of imidazole rings is 1. The van der Waals surface area contributed by atoms with E-state index in [1.165, 1.54) is 0 Å². The van der Waals surface area contributed by atoms with Crippen molar-refractivity contribution in [1.29, 1.82) is 0 Å². The number of thioether (sulfide) groups is 1. The Hall–Kier alpha value is -2.86. The fraction of sp³-hybridized carbons (Fsp3) is 0.438. The SMILES string of the molecule is COc1nc(N2CCNCC2)c2ncn(CSC)c2n1.O=C(O)C=CC(=O)O. The molecule has 0 bridgehead atoms. The smallest absolute Gasteiger partial charge is 0.328 e. The van der Waals surface area contributed by atoms with Crippen molar-refractivity contribution in [3.8, 4) is 6.01 Å². The third kappa shape index (κ3) is 5.82. The summed E-state index contributed by atoms with van der Waals surface area (Å²) in [4.78, 5) is 34.8. The topological polar surface area (TPSA) is 143 Å². The molecule has 3 rings (SSSR count). The van der Waals surface area contributed by atoms with Crippen molar-refractivity contribution < 1.29 is 24.5 Å². The van der Waals surface area contributed by atoms with E-state index in [4.69, 9.17) is 14.9 Å². The van der Waals surface area contributed by atoms with Crippen LogP contribution in [0.15, 0.2) is 18.5 Å². The Morgan fingerprint density at radius 1 is 1.25 bits per heavy atom. The van der Waals surface area contributed by atoms with Crippen molar-refractivity contribution in [3.63, 3.8) is 0 Å². The molecule has 0 saturated carbocycles. The van der Waals surface area contributed by atoms with E-state index in [9.17, 15) is 9.59 Å². The summed E-state index contributed by atoms with van der Waals surface area (Å²) in [5, 5.41) is 19.0. The van der Waals surface area contributed by atoms with Crippen LogP contribution in [0.5, 0.6) is 6.01 Å². The van der Waals surface area contributed by atoms with Gasteiger partial charge in [0.25, 0.3) is 0 Å². The van der Waals surface area contributed by atoms with E-state index in [2.05, 4.69) is 31.4 Å². The van der Waals surface area contributed by atoms with Gasteiger partial charge in [-0.2, -0.15) is 9.97 Å². The van der Waals surface area contributed by atoms with Crippen LogP contribution in [0.25, 0.3) is 11.2 Å². The molecule has 3 N–H and O–H groups in total. The van der Waals surface area contributed by atoms with E-state index in [0.717, 1.165) is 49.0 Å². The highest BCUT2D eigenvalue weighted by Crippen LogP contribution is 2.25. The summed E-state index contributed by atoms with van der Waals surface area (Å²) >= 11 is 1.73. The molecule has 0 aliphatic carbocycles. The highest BCUT2D eigenvalue weighted by Gasteiger charge is 2.20. The Bertz CT molecular complexity index is 833. The van der Waals surface area contributed by atoms with Gasteiger partial charge in [-0.3, -0.25) is 0 Å². The molecular formula is C16H22N6O5S. The minimum atomic E-state index is -1.26. The molecule has 3 heterocycles. The summed E-state index contributed by atoms with van der Waals surface area (Å²) in [6.07, 6.45) is 4.99. The van der Waals surface area contributed by atoms with Crippen LogP contribution in [-0.4, -0.2) is 81.2 Å². The number of aliphatic carboxylic acids is 2. The third-order valence-electron chi connectivity index (χ3n) is 3.66. The van der Waals surface area contributed by atoms with Crippen molar-refractivity contribution in [3.05, 3.63) is 18.5 Å². The summed E-state index contributed by atoms with van der Waals surface area (Å²) in [5.74, 6) is -0.828. The first-order valence-electron chi connectivity index (χ1n) is 8.31. The molecule has 152 valence electrons. The summed E-state index contributed by atoms with van der Waals surface area (Å²) < 4.78 is 7.27. The highest BCUT2D eigenvalue weighted by atomic mass is 32.2. The van der Waals surface area contributed by atoms with Gasteiger partial charge in [0.2, 0.25) is 0 Å². The molecule has 0 atom stereocenters. The van der Waals surface area contributed by atoms with Crippen LogP contribution in [0, 0.1) is 0 Å². The molecule has 0 amide bonds. The van der Waals surface area contributed by atoms with Crippen LogP contribution in [0.4, 0.5) is 5.82 Å². The molecule has 1 aliphatic heterocycles. The Labute approximate surface area is 165 Å². The minimum Gasteiger partial charge on any atom is -0.478 e. The molecule has 1 saturated heterocycles.